The predicted molar refractivity (Wildman–Crippen MR) is 201 cm³/mol. The number of fused-ring (bicyclic) bond motifs is 2. The molecule has 2 aliphatic rings. The molecule has 4 aromatic rings. The summed E-state index contributed by atoms with van der Waals surface area (Å²) < 4.78 is 161. The first-order chi connectivity index (χ1) is 30.3. The van der Waals surface area contributed by atoms with E-state index < -0.39 is 110 Å². The number of carbonyl (C=O) groups excluding carboxylic acids is 3. The van der Waals surface area contributed by atoms with Crippen LogP contribution in [0.1, 0.15) is 59.5 Å². The Morgan fingerprint density at radius 2 is 1.15 bits per heavy atom. The Morgan fingerprint density at radius 1 is 0.738 bits per heavy atom. The van der Waals surface area contributed by atoms with Gasteiger partial charge in [-0.2, -0.15) is 26.3 Å². The van der Waals surface area contributed by atoms with Gasteiger partial charge in [0.2, 0.25) is 30.0 Å². The number of carbonyl (C=O) groups is 3. The van der Waals surface area contributed by atoms with Crippen molar-refractivity contribution in [1.29, 1.82) is 5.15 Å². The van der Waals surface area contributed by atoms with Crippen molar-refractivity contribution < 1.29 is 78.3 Å². The Morgan fingerprint density at radius 3 is 1.55 bits per heavy atom. The van der Waals surface area contributed by atoms with Gasteiger partial charge >= 0.3 is 12.4 Å². The monoisotopic (exact) mass is 985 g/mol. The van der Waals surface area contributed by atoms with Crippen LogP contribution in [0, 0.1) is 60.3 Å². The third-order valence-electron chi connectivity index (χ3n) is 8.32. The third-order valence-corrected chi connectivity index (χ3v) is 8.32. The molecule has 1 unspecified atom stereocenters. The number of amides is 2. The Hall–Kier alpha value is -6.44. The molecule has 2 aromatic heterocycles. The minimum atomic E-state index is -4.73. The van der Waals surface area contributed by atoms with Gasteiger partial charge in [0.15, 0.2) is 42.6 Å². The maximum Gasteiger partial charge on any atom is 0.451 e. The van der Waals surface area contributed by atoms with Crippen LogP contribution in [0.25, 0.3) is 6.08 Å². The predicted octanol–water partition coefficient (Wildman–Crippen LogP) is 7.11. The molecule has 65 heavy (non-hydrogen) atoms. The Labute approximate surface area is 361 Å². The highest BCUT2D eigenvalue weighted by atomic mass is 32.0. The molecule has 0 saturated carbocycles. The minimum absolute atomic E-state index is 0. The number of aromatic nitrogens is 6. The number of benzene rings is 2. The van der Waals surface area contributed by atoms with Crippen molar-refractivity contribution in [1.82, 2.24) is 39.3 Å². The number of hydrogen-bond acceptors (Lipinski definition) is 12. The molecule has 0 saturated heterocycles. The van der Waals surface area contributed by atoms with Crippen molar-refractivity contribution >= 4 is 41.2 Å². The van der Waals surface area contributed by atoms with Gasteiger partial charge in [0, 0.05) is 62.9 Å². The molecule has 1 atom stereocenters. The maximum absolute atomic E-state index is 13.7. The van der Waals surface area contributed by atoms with E-state index in [2.05, 4.69) is 34.5 Å². The molecule has 2 amide bonds. The Balaban J connectivity index is 0.000000356. The van der Waals surface area contributed by atoms with E-state index in [1.807, 2.05) is 0 Å². The number of halogens is 12. The molecule has 18 nitrogen and oxygen atoms in total. The lowest BCUT2D eigenvalue weighted by Crippen LogP contribution is -2.39. The summed E-state index contributed by atoms with van der Waals surface area (Å²) in [6.07, 6.45) is -9.75. The molecular weight excluding hydrogens is 952 g/mol. The van der Waals surface area contributed by atoms with Gasteiger partial charge in [-0.15, -0.1) is 20.4 Å². The second-order valence-corrected chi connectivity index (χ2v) is 13.4. The van der Waals surface area contributed by atoms with E-state index >= 15 is 0 Å². The summed E-state index contributed by atoms with van der Waals surface area (Å²) in [6, 6.07) is 1.45. The van der Waals surface area contributed by atoms with Crippen LogP contribution < -0.4 is 0 Å². The quantitative estimate of drug-likeness (QED) is 0.0467. The van der Waals surface area contributed by atoms with Gasteiger partial charge in [-0.1, -0.05) is 16.4 Å². The highest BCUT2D eigenvalue weighted by Gasteiger charge is 2.41. The zero-order valence-electron chi connectivity index (χ0n) is 32.7. The van der Waals surface area contributed by atoms with Crippen LogP contribution in [0.15, 0.2) is 30.0 Å². The van der Waals surface area contributed by atoms with Crippen molar-refractivity contribution in [2.24, 2.45) is 0 Å². The summed E-state index contributed by atoms with van der Waals surface area (Å²) in [7, 11) is 2.98. The largest absolute Gasteiger partial charge is 0.451 e. The first-order valence-corrected chi connectivity index (χ1v) is 19.6. The topological polar surface area (TPSA) is 229 Å². The average molecular weight is 986 g/mol. The standard InChI is InChI=1S/C16H11F6N5O3.C9H10F3N5O3.C7H3F3O.CH4.H3NP2/c17-10-6-12(19)11(18)4-8(10)3-9(27(29)30)5-14(28)25-1-2-26-13(7-25)23-24-15(26)16(20,21)22;10-9(11,12)8-14-13-6-5-15(3-4-16(6)8)7(18)1-2-17(19)20;8-5-2-7(10)6(9)1-4(5)3-11;;1-3-2/h3-4,6H,1-2,5,7H2;1-5H2;1-3H;1H4;1H,2H2/i/hT. The SMILES string of the molecule is C.O=C(CC(=Cc1cc(F)c(F)cc1F)[N+](=O)[O-])N1CCn2c(nnc2C(F)(F)F)C1.O=C(CC[N+](=O)[O-])N1CCn2c(nnc2C(F)(F)F)C1.O=Cc1cc(F)c(F)cc1F.[3H]N=PP. The van der Waals surface area contributed by atoms with Crippen molar-refractivity contribution in [3.63, 3.8) is 0 Å². The fourth-order valence-electron chi connectivity index (χ4n) is 5.40. The van der Waals surface area contributed by atoms with Crippen molar-refractivity contribution in [2.75, 3.05) is 19.6 Å². The van der Waals surface area contributed by atoms with Crippen LogP contribution in [0.4, 0.5) is 52.7 Å². The molecule has 1 N–H and O–H groups in total. The average Bonchev–Trinajstić information content (AvgIpc) is 3.88. The molecule has 32 heteroatoms. The number of alkyl halides is 6. The molecule has 0 fully saturated rings. The van der Waals surface area contributed by atoms with Gasteiger partial charge in [-0.25, -0.2) is 26.3 Å². The Bertz CT molecular complexity index is 2470. The first kappa shape index (κ1) is 52.9. The summed E-state index contributed by atoms with van der Waals surface area (Å²) in [6.45, 7) is -1.51. The summed E-state index contributed by atoms with van der Waals surface area (Å²) in [4.78, 5) is 56.1. The first-order valence-electron chi connectivity index (χ1n) is 17.6. The van der Waals surface area contributed by atoms with Crippen LogP contribution in [-0.4, -0.2) is 86.9 Å². The van der Waals surface area contributed by atoms with Crippen LogP contribution in [-0.2, 0) is 48.1 Å². The molecule has 2 aliphatic heterocycles. The van der Waals surface area contributed by atoms with E-state index in [0.717, 1.165) is 14.0 Å². The summed E-state index contributed by atoms with van der Waals surface area (Å²) in [5, 5.41) is 37.3. The van der Waals surface area contributed by atoms with E-state index in [1.54, 1.807) is 0 Å². The highest BCUT2D eigenvalue weighted by Crippen LogP contribution is 2.31. The van der Waals surface area contributed by atoms with E-state index in [9.17, 15) is 87.3 Å². The normalized spacial score (nSPS) is 13.6. The molecule has 6 rings (SSSR count). The van der Waals surface area contributed by atoms with E-state index in [1.165, 1.54) is 4.90 Å². The lowest BCUT2D eigenvalue weighted by molar-refractivity contribution is -0.478. The number of nitrogens with one attached hydrogen (secondary N) is 1. The third kappa shape index (κ3) is 15.1. The summed E-state index contributed by atoms with van der Waals surface area (Å²) in [5.41, 5.74) is -1.93. The second kappa shape index (κ2) is 23.5. The molecule has 354 valence electrons. The second-order valence-electron chi connectivity index (χ2n) is 12.5. The van der Waals surface area contributed by atoms with E-state index in [4.69, 9.17) is 1.41 Å². The lowest BCUT2D eigenvalue weighted by Gasteiger charge is -2.27. The number of nitro groups is 2. The van der Waals surface area contributed by atoms with Crippen LogP contribution in [0.3, 0.4) is 0 Å². The Kier molecular flexibility index (Phi) is 19.1. The van der Waals surface area contributed by atoms with Crippen LogP contribution in [0.2, 0.25) is 1.41 Å². The number of aldehydes is 1. The van der Waals surface area contributed by atoms with Crippen molar-refractivity contribution in [3.8, 4) is 0 Å². The van der Waals surface area contributed by atoms with Crippen molar-refractivity contribution in [3.05, 3.63) is 120 Å². The minimum Gasteiger partial charge on any atom is -0.333 e. The number of hydrogen-bond donors (Lipinski definition) is 1. The van der Waals surface area contributed by atoms with Crippen molar-refractivity contribution in [2.45, 2.75) is 58.8 Å². The fraction of sp³-hybridized carbons (Fsp3) is 0.364. The summed E-state index contributed by atoms with van der Waals surface area (Å²) in [5.74, 6) is -11.5. The van der Waals surface area contributed by atoms with E-state index in [-0.39, 0.29) is 77.1 Å². The zero-order chi connectivity index (χ0) is 49.0. The van der Waals surface area contributed by atoms with Crippen LogP contribution in [0.5, 0.6) is 0 Å². The smallest absolute Gasteiger partial charge is 0.333 e. The molecular formula is C33H31F12N11O7P2. The highest BCUT2D eigenvalue weighted by molar-refractivity contribution is 7.96. The number of rotatable bonds is 8. The number of nitrogens with zero attached hydrogens (tertiary/aromatic N) is 10. The van der Waals surface area contributed by atoms with Gasteiger partial charge in [0.25, 0.3) is 5.70 Å². The van der Waals surface area contributed by atoms with E-state index in [0.29, 0.717) is 32.3 Å². The zero-order valence-corrected chi connectivity index (χ0v) is 33.7. The lowest BCUT2D eigenvalue weighted by atomic mass is 10.1. The fourth-order valence-corrected chi connectivity index (χ4v) is 5.40. The van der Waals surface area contributed by atoms with Gasteiger partial charge in [0.05, 0.1) is 30.0 Å². The molecule has 0 bridgehead atoms. The van der Waals surface area contributed by atoms with Gasteiger partial charge in [-0.05, 0) is 12.1 Å². The molecule has 4 heterocycles. The van der Waals surface area contributed by atoms with Crippen LogP contribution >= 0.6 is 17.0 Å². The summed E-state index contributed by atoms with van der Waals surface area (Å²) >= 11 is 0. The molecule has 2 aromatic carbocycles. The van der Waals surface area contributed by atoms with Gasteiger partial charge in [0.1, 0.15) is 18.1 Å². The van der Waals surface area contributed by atoms with Gasteiger partial charge in [-0.3, -0.25) is 39.8 Å². The van der Waals surface area contributed by atoms with Gasteiger partial charge < -0.3 is 18.9 Å². The molecule has 0 radical (unpaired) electrons. The maximum atomic E-state index is 13.7. The molecule has 0 aliphatic carbocycles. The molecule has 0 spiro atoms.